The molecule has 0 unspecified atom stereocenters. The number of allylic oxidation sites excluding steroid dienone is 5. The Hall–Kier alpha value is -3.26. The summed E-state index contributed by atoms with van der Waals surface area (Å²) in [5, 5.41) is 0. The summed E-state index contributed by atoms with van der Waals surface area (Å²) in [4.78, 5) is 0. The van der Waals surface area contributed by atoms with Crippen molar-refractivity contribution < 1.29 is 38.0 Å². The van der Waals surface area contributed by atoms with Crippen LogP contribution in [-0.4, -0.2) is 0 Å². The van der Waals surface area contributed by atoms with E-state index >= 15 is 0 Å². The average Bonchev–Trinajstić information content (AvgIpc) is 2.73. The molecule has 0 radical (unpaired) electrons. The van der Waals surface area contributed by atoms with Crippen molar-refractivity contribution in [2.45, 2.75) is 13.8 Å². The van der Waals surface area contributed by atoms with Crippen molar-refractivity contribution >= 4 is 6.08 Å². The lowest BCUT2D eigenvalue weighted by atomic mass is 10.0. The summed E-state index contributed by atoms with van der Waals surface area (Å²) in [7, 11) is -4.94. The van der Waals surface area contributed by atoms with E-state index in [1.54, 1.807) is 0 Å². The summed E-state index contributed by atoms with van der Waals surface area (Å²) in [6.07, 6.45) is 6.08. The van der Waals surface area contributed by atoms with E-state index in [2.05, 4.69) is 54.6 Å². The van der Waals surface area contributed by atoms with Crippen molar-refractivity contribution in [1.82, 2.24) is 0 Å². The second-order valence-electron chi connectivity index (χ2n) is 6.98. The summed E-state index contributed by atoms with van der Waals surface area (Å²) >= 11 is 0. The van der Waals surface area contributed by atoms with Gasteiger partial charge >= 0.3 is 11.5 Å². The predicted octanol–water partition coefficient (Wildman–Crippen LogP) is 2.36. The average molecular weight is 453 g/mol. The van der Waals surface area contributed by atoms with Crippen molar-refractivity contribution in [1.29, 1.82) is 0 Å². The minimum absolute atomic E-state index is 0.806. The molecule has 164 valence electrons. The largest absolute Gasteiger partial charge is 0.467 e. The molecular formula is C25H21ClO6. The van der Waals surface area contributed by atoms with Gasteiger partial charge in [-0.1, -0.05) is 48.5 Å². The maximum Gasteiger partial charge on any atom is 0.361 e. The number of hydrogen-bond donors (Lipinski definition) is 0. The zero-order valence-electron chi connectivity index (χ0n) is 17.5. The van der Waals surface area contributed by atoms with Gasteiger partial charge in [-0.3, -0.25) is 0 Å². The zero-order valence-corrected chi connectivity index (χ0v) is 18.2. The fourth-order valence-corrected chi connectivity index (χ4v) is 3.21. The summed E-state index contributed by atoms with van der Waals surface area (Å²) in [6, 6.07) is 24.7. The number of ether oxygens (including phenoxy) is 1. The van der Waals surface area contributed by atoms with Crippen LogP contribution in [-0.2, 0) is 4.74 Å². The third-order valence-electron chi connectivity index (χ3n) is 4.35. The van der Waals surface area contributed by atoms with Gasteiger partial charge in [-0.15, -0.1) is 10.2 Å². The molecule has 0 atom stereocenters. The first-order chi connectivity index (χ1) is 15.2. The van der Waals surface area contributed by atoms with Gasteiger partial charge in [0.25, 0.3) is 0 Å². The quantitative estimate of drug-likeness (QED) is 0.564. The van der Waals surface area contributed by atoms with Gasteiger partial charge in [0.15, 0.2) is 0 Å². The van der Waals surface area contributed by atoms with Crippen molar-refractivity contribution in [3.8, 4) is 22.5 Å². The third-order valence-corrected chi connectivity index (χ3v) is 4.35. The molecule has 2 heterocycles. The van der Waals surface area contributed by atoms with E-state index in [0.717, 1.165) is 45.3 Å². The Morgan fingerprint density at radius 1 is 0.719 bits per heavy atom. The van der Waals surface area contributed by atoms with Crippen LogP contribution in [0.3, 0.4) is 0 Å². The van der Waals surface area contributed by atoms with Crippen LogP contribution in [0.25, 0.3) is 28.5 Å². The molecule has 3 aromatic rings. The minimum Gasteiger partial charge on any atom is -0.467 e. The van der Waals surface area contributed by atoms with Crippen LogP contribution >= 0.6 is 0 Å². The summed E-state index contributed by atoms with van der Waals surface area (Å²) in [5.41, 5.74) is 4.40. The fourth-order valence-electron chi connectivity index (χ4n) is 3.21. The number of halogens is 1. The molecule has 1 aromatic heterocycles. The van der Waals surface area contributed by atoms with Crippen molar-refractivity contribution in [3.05, 3.63) is 108 Å². The SMILES string of the molecule is CC1=CC(=Cc2cc(-c3ccccc3)cc(-c3ccccc3)[o+]2)C=C(C)O1.[O-][Cl+3]([O-])([O-])[O-]. The van der Waals surface area contributed by atoms with Crippen LogP contribution in [0, 0.1) is 10.2 Å². The van der Waals surface area contributed by atoms with Gasteiger partial charge in [-0.05, 0) is 49.3 Å². The smallest absolute Gasteiger partial charge is 0.361 e. The second kappa shape index (κ2) is 10.4. The van der Waals surface area contributed by atoms with Crippen LogP contribution in [0.4, 0.5) is 0 Å². The standard InChI is InChI=1S/C25H21O2.ClHO4/c1-18-13-20(14-19(2)26-18)15-24-16-23(21-9-5-3-6-10-21)17-25(27-24)22-11-7-4-8-12-22;2-1(3,4)5/h3-17H,1-2H3;(H,2,3,4,5)/q+1;/p-1. The van der Waals surface area contributed by atoms with Crippen LogP contribution in [0.1, 0.15) is 19.6 Å². The van der Waals surface area contributed by atoms with Gasteiger partial charge in [-0.2, -0.15) is 0 Å². The van der Waals surface area contributed by atoms with E-state index in [1.165, 1.54) is 0 Å². The van der Waals surface area contributed by atoms with E-state index in [9.17, 15) is 0 Å². The van der Waals surface area contributed by atoms with E-state index in [1.807, 2.05) is 50.3 Å². The lowest BCUT2D eigenvalue weighted by molar-refractivity contribution is -2.00. The van der Waals surface area contributed by atoms with Gasteiger partial charge in [-0.25, -0.2) is 23.1 Å². The molecule has 1 aliphatic rings. The molecule has 0 bridgehead atoms. The molecule has 7 heteroatoms. The predicted molar refractivity (Wildman–Crippen MR) is 111 cm³/mol. The van der Waals surface area contributed by atoms with Crippen LogP contribution < -0.4 is 18.6 Å². The normalized spacial score (nSPS) is 13.2. The Bertz CT molecular complexity index is 1060. The van der Waals surface area contributed by atoms with Crippen LogP contribution in [0.15, 0.2) is 106 Å². The third kappa shape index (κ3) is 7.46. The number of rotatable bonds is 3. The van der Waals surface area contributed by atoms with Gasteiger partial charge in [0.05, 0.1) is 23.8 Å². The maximum atomic E-state index is 8.49. The molecule has 0 N–H and O–H groups in total. The highest BCUT2D eigenvalue weighted by molar-refractivity contribution is 5.72. The monoisotopic (exact) mass is 452 g/mol. The first-order valence-electron chi connectivity index (χ1n) is 9.64. The first-order valence-corrected chi connectivity index (χ1v) is 10.9. The Kier molecular flexibility index (Phi) is 7.58. The maximum absolute atomic E-state index is 8.49. The van der Waals surface area contributed by atoms with Gasteiger partial charge < -0.3 is 4.74 Å². The molecule has 0 fully saturated rings. The van der Waals surface area contributed by atoms with E-state index in [-0.39, 0.29) is 0 Å². The minimum atomic E-state index is -4.94. The number of benzene rings is 2. The van der Waals surface area contributed by atoms with Crippen LogP contribution in [0.2, 0.25) is 0 Å². The van der Waals surface area contributed by atoms with E-state index in [0.29, 0.717) is 0 Å². The van der Waals surface area contributed by atoms with Gasteiger partial charge in [0.2, 0.25) is 0 Å². The second-order valence-corrected chi connectivity index (χ2v) is 7.74. The van der Waals surface area contributed by atoms with E-state index in [4.69, 9.17) is 27.8 Å². The summed E-state index contributed by atoms with van der Waals surface area (Å²) in [5.74, 6) is 3.41. The highest BCUT2D eigenvalue weighted by Gasteiger charge is 2.18. The van der Waals surface area contributed by atoms with Crippen molar-refractivity contribution in [3.63, 3.8) is 0 Å². The lowest BCUT2D eigenvalue weighted by Gasteiger charge is -2.17. The Morgan fingerprint density at radius 2 is 1.22 bits per heavy atom. The highest BCUT2D eigenvalue weighted by atomic mass is 35.7. The molecule has 32 heavy (non-hydrogen) atoms. The van der Waals surface area contributed by atoms with E-state index < -0.39 is 10.2 Å². The van der Waals surface area contributed by atoms with Crippen molar-refractivity contribution in [2.24, 2.45) is 0 Å². The zero-order chi connectivity index (χ0) is 23.1. The molecule has 0 aliphatic carbocycles. The molecule has 6 nitrogen and oxygen atoms in total. The first kappa shape index (κ1) is 23.4. The Labute approximate surface area is 188 Å². The number of hydrogen-bond acceptors (Lipinski definition) is 5. The molecule has 0 saturated carbocycles. The molecule has 0 spiro atoms. The molecule has 0 saturated heterocycles. The fraction of sp³-hybridized carbons (Fsp3) is 0.0800. The Morgan fingerprint density at radius 3 is 1.75 bits per heavy atom. The van der Waals surface area contributed by atoms with Gasteiger partial charge in [0, 0.05) is 5.56 Å². The molecule has 0 amide bonds. The molecule has 2 aromatic carbocycles. The highest BCUT2D eigenvalue weighted by Crippen LogP contribution is 2.30. The van der Waals surface area contributed by atoms with Crippen LogP contribution in [0.5, 0.6) is 0 Å². The molecule has 4 rings (SSSR count). The topological polar surface area (TPSA) is 113 Å². The molecule has 1 aliphatic heterocycles. The molecular weight excluding hydrogens is 432 g/mol. The van der Waals surface area contributed by atoms with Crippen molar-refractivity contribution in [2.75, 3.05) is 0 Å². The summed E-state index contributed by atoms with van der Waals surface area (Å²) < 4.78 is 45.8. The Balaban J connectivity index is 0.000000523. The van der Waals surface area contributed by atoms with Gasteiger partial charge in [0.1, 0.15) is 11.5 Å². The lowest BCUT2D eigenvalue weighted by Crippen LogP contribution is -2.68. The summed E-state index contributed by atoms with van der Waals surface area (Å²) in [6.45, 7) is 3.91.